The van der Waals surface area contributed by atoms with Crippen LogP contribution in [-0.4, -0.2) is 20.9 Å². The number of benzene rings is 1. The molecule has 1 aromatic heterocycles. The van der Waals surface area contributed by atoms with Gasteiger partial charge in [0.2, 0.25) is 0 Å². The van der Waals surface area contributed by atoms with Gasteiger partial charge in [0.05, 0.1) is 11.8 Å². The largest absolute Gasteiger partial charge is 0.388 e. The highest BCUT2D eigenvalue weighted by atomic mass is 16.3. The minimum atomic E-state index is -0.423. The van der Waals surface area contributed by atoms with Crippen molar-refractivity contribution in [2.75, 3.05) is 0 Å². The number of hydrogen-bond acceptors (Lipinski definition) is 3. The van der Waals surface area contributed by atoms with Crippen LogP contribution in [0.1, 0.15) is 36.3 Å². The Kier molecular flexibility index (Phi) is 4.93. The number of nitrogens with zero attached hydrogens (tertiary/aromatic N) is 2. The predicted octanol–water partition coefficient (Wildman–Crippen LogP) is 2.33. The molecule has 1 aromatic carbocycles. The average molecular weight is 273 g/mol. The maximum atomic E-state index is 10.2. The van der Waals surface area contributed by atoms with Gasteiger partial charge in [-0.25, -0.2) is 0 Å². The lowest BCUT2D eigenvalue weighted by atomic mass is 10.0. The highest BCUT2D eigenvalue weighted by Gasteiger charge is 2.12. The van der Waals surface area contributed by atoms with Crippen LogP contribution in [0.25, 0.3) is 0 Å². The summed E-state index contributed by atoms with van der Waals surface area (Å²) in [5.41, 5.74) is 3.23. The molecule has 108 valence electrons. The molecule has 0 saturated heterocycles. The molecule has 0 saturated carbocycles. The van der Waals surface area contributed by atoms with E-state index in [0.29, 0.717) is 6.42 Å². The monoisotopic (exact) mass is 273 g/mol. The Hall–Kier alpha value is -1.65. The van der Waals surface area contributed by atoms with Gasteiger partial charge in [-0.05, 0) is 25.8 Å². The molecule has 0 spiro atoms. The second-order valence-corrected chi connectivity index (χ2v) is 5.36. The van der Waals surface area contributed by atoms with Gasteiger partial charge in [0.25, 0.3) is 0 Å². The maximum Gasteiger partial charge on any atom is 0.0804 e. The molecule has 20 heavy (non-hydrogen) atoms. The number of nitrogens with one attached hydrogen (secondary N) is 1. The van der Waals surface area contributed by atoms with Crippen LogP contribution >= 0.6 is 0 Å². The van der Waals surface area contributed by atoms with Crippen LogP contribution in [0, 0.1) is 6.92 Å². The number of aliphatic hydroxyl groups excluding tert-OH is 1. The van der Waals surface area contributed by atoms with E-state index >= 15 is 0 Å². The number of aliphatic hydroxyl groups is 1. The normalized spacial score (nSPS) is 14.2. The lowest BCUT2D eigenvalue weighted by Crippen LogP contribution is -2.27. The first-order valence-corrected chi connectivity index (χ1v) is 7.01. The van der Waals surface area contributed by atoms with Crippen molar-refractivity contribution < 1.29 is 5.11 Å². The summed E-state index contributed by atoms with van der Waals surface area (Å²) in [5.74, 6) is 0. The van der Waals surface area contributed by atoms with Gasteiger partial charge >= 0.3 is 0 Å². The number of rotatable bonds is 6. The molecule has 2 N–H and O–H groups in total. The van der Waals surface area contributed by atoms with Gasteiger partial charge in [-0.2, -0.15) is 5.10 Å². The summed E-state index contributed by atoms with van der Waals surface area (Å²) in [6, 6.07) is 10.0. The lowest BCUT2D eigenvalue weighted by Gasteiger charge is -2.18. The molecule has 0 aliphatic carbocycles. The fraction of sp³-hybridized carbons (Fsp3) is 0.438. The number of hydrogen-bond donors (Lipinski definition) is 2. The van der Waals surface area contributed by atoms with Crippen molar-refractivity contribution in [3.05, 3.63) is 53.3 Å². The Morgan fingerprint density at radius 3 is 2.60 bits per heavy atom. The maximum absolute atomic E-state index is 10.2. The standard InChI is InChI=1S/C16H23N3O/c1-12(9-16(20)14-7-5-4-6-8-14)17-10-15-11-19(3)18-13(15)2/h4-8,11-12,16-17,20H,9-10H2,1-3H3. The SMILES string of the molecule is Cc1nn(C)cc1CNC(C)CC(O)c1ccccc1. The van der Waals surface area contributed by atoms with Gasteiger partial charge in [-0.1, -0.05) is 30.3 Å². The van der Waals surface area contributed by atoms with Gasteiger partial charge in [-0.15, -0.1) is 0 Å². The van der Waals surface area contributed by atoms with Crippen molar-refractivity contribution in [1.29, 1.82) is 0 Å². The summed E-state index contributed by atoms with van der Waals surface area (Å²) >= 11 is 0. The van der Waals surface area contributed by atoms with Crippen molar-refractivity contribution in [2.24, 2.45) is 7.05 Å². The molecule has 1 heterocycles. The number of aryl methyl sites for hydroxylation is 2. The van der Waals surface area contributed by atoms with E-state index in [2.05, 4.69) is 17.3 Å². The molecule has 0 amide bonds. The quantitative estimate of drug-likeness (QED) is 0.849. The van der Waals surface area contributed by atoms with Gasteiger partial charge in [-0.3, -0.25) is 4.68 Å². The first-order valence-electron chi connectivity index (χ1n) is 7.01. The average Bonchev–Trinajstić information content (AvgIpc) is 2.75. The summed E-state index contributed by atoms with van der Waals surface area (Å²) in [6.45, 7) is 4.89. The van der Waals surface area contributed by atoms with Crippen LogP contribution < -0.4 is 5.32 Å². The Morgan fingerprint density at radius 2 is 2.00 bits per heavy atom. The van der Waals surface area contributed by atoms with Gasteiger partial charge < -0.3 is 10.4 Å². The van der Waals surface area contributed by atoms with Crippen LogP contribution in [0.4, 0.5) is 0 Å². The summed E-state index contributed by atoms with van der Waals surface area (Å²) in [7, 11) is 1.93. The molecule has 2 atom stereocenters. The third-order valence-electron chi connectivity index (χ3n) is 3.52. The molecule has 0 aliphatic rings. The molecule has 0 aliphatic heterocycles. The predicted molar refractivity (Wildman–Crippen MR) is 80.3 cm³/mol. The van der Waals surface area contributed by atoms with Crippen LogP contribution in [0.3, 0.4) is 0 Å². The van der Waals surface area contributed by atoms with Crippen molar-refractivity contribution in [3.63, 3.8) is 0 Å². The van der Waals surface area contributed by atoms with Crippen molar-refractivity contribution in [1.82, 2.24) is 15.1 Å². The van der Waals surface area contributed by atoms with Gasteiger partial charge in [0.1, 0.15) is 0 Å². The van der Waals surface area contributed by atoms with E-state index in [4.69, 9.17) is 0 Å². The smallest absolute Gasteiger partial charge is 0.0804 e. The highest BCUT2D eigenvalue weighted by molar-refractivity contribution is 5.17. The molecular weight excluding hydrogens is 250 g/mol. The molecule has 2 aromatic rings. The molecule has 2 rings (SSSR count). The zero-order valence-corrected chi connectivity index (χ0v) is 12.4. The molecule has 2 unspecified atom stereocenters. The van der Waals surface area contributed by atoms with Crippen molar-refractivity contribution >= 4 is 0 Å². The minimum Gasteiger partial charge on any atom is -0.388 e. The zero-order valence-electron chi connectivity index (χ0n) is 12.4. The van der Waals surface area contributed by atoms with E-state index in [9.17, 15) is 5.11 Å². The minimum absolute atomic E-state index is 0.241. The topological polar surface area (TPSA) is 50.1 Å². The van der Waals surface area contributed by atoms with Crippen molar-refractivity contribution in [2.45, 2.75) is 39.0 Å². The Balaban J connectivity index is 1.83. The Morgan fingerprint density at radius 1 is 1.30 bits per heavy atom. The van der Waals surface area contributed by atoms with Crippen LogP contribution in [0.2, 0.25) is 0 Å². The Labute approximate surface area is 120 Å². The summed E-state index contributed by atoms with van der Waals surface area (Å²) in [5, 5.41) is 18.0. The summed E-state index contributed by atoms with van der Waals surface area (Å²) < 4.78 is 1.83. The molecule has 0 fully saturated rings. The van der Waals surface area contributed by atoms with Crippen LogP contribution in [0.5, 0.6) is 0 Å². The molecule has 0 radical (unpaired) electrons. The molecule has 0 bridgehead atoms. The summed E-state index contributed by atoms with van der Waals surface area (Å²) in [6.07, 6.45) is 2.31. The first-order chi connectivity index (χ1) is 9.56. The second-order valence-electron chi connectivity index (χ2n) is 5.36. The van der Waals surface area contributed by atoms with Crippen LogP contribution in [0.15, 0.2) is 36.5 Å². The van der Waals surface area contributed by atoms with E-state index in [-0.39, 0.29) is 6.04 Å². The van der Waals surface area contributed by atoms with E-state index in [1.165, 1.54) is 5.56 Å². The zero-order chi connectivity index (χ0) is 14.5. The fourth-order valence-corrected chi connectivity index (χ4v) is 2.34. The molecule has 4 heteroatoms. The fourth-order valence-electron chi connectivity index (χ4n) is 2.34. The van der Waals surface area contributed by atoms with Crippen LogP contribution in [-0.2, 0) is 13.6 Å². The third kappa shape index (κ3) is 3.92. The summed E-state index contributed by atoms with van der Waals surface area (Å²) in [4.78, 5) is 0. The molecule has 4 nitrogen and oxygen atoms in total. The lowest BCUT2D eigenvalue weighted by molar-refractivity contribution is 0.154. The van der Waals surface area contributed by atoms with Gasteiger partial charge in [0.15, 0.2) is 0 Å². The molecular formula is C16H23N3O. The third-order valence-corrected chi connectivity index (χ3v) is 3.52. The second kappa shape index (κ2) is 6.68. The Bertz CT molecular complexity index is 536. The highest BCUT2D eigenvalue weighted by Crippen LogP contribution is 2.18. The number of aromatic nitrogens is 2. The van der Waals surface area contributed by atoms with E-state index in [1.54, 1.807) is 0 Å². The van der Waals surface area contributed by atoms with E-state index in [1.807, 2.05) is 55.2 Å². The van der Waals surface area contributed by atoms with Crippen molar-refractivity contribution in [3.8, 4) is 0 Å². The van der Waals surface area contributed by atoms with E-state index in [0.717, 1.165) is 17.8 Å². The van der Waals surface area contributed by atoms with Gasteiger partial charge in [0, 0.05) is 31.4 Å². The first kappa shape index (κ1) is 14.8. The van der Waals surface area contributed by atoms with E-state index < -0.39 is 6.10 Å².